The van der Waals surface area contributed by atoms with Gasteiger partial charge >= 0.3 is 6.18 Å². The second kappa shape index (κ2) is 8.94. The van der Waals surface area contributed by atoms with E-state index in [0.29, 0.717) is 5.75 Å². The highest BCUT2D eigenvalue weighted by atomic mass is 35.5. The molecular formula is C18H21ClF3NO. The van der Waals surface area contributed by atoms with Gasteiger partial charge in [-0.15, -0.1) is 12.4 Å². The molecule has 2 aromatic rings. The number of alkyl halides is 3. The molecule has 0 aliphatic heterocycles. The molecule has 2 rings (SSSR count). The van der Waals surface area contributed by atoms with Crippen LogP contribution in [0.25, 0.3) is 0 Å². The van der Waals surface area contributed by atoms with Crippen molar-refractivity contribution in [3.05, 3.63) is 65.7 Å². The Morgan fingerprint density at radius 3 is 2.04 bits per heavy atom. The largest absolute Gasteiger partial charge is 0.486 e. The molecule has 0 aromatic heterocycles. The van der Waals surface area contributed by atoms with Gasteiger partial charge in [-0.2, -0.15) is 13.2 Å². The van der Waals surface area contributed by atoms with Crippen LogP contribution < -0.4 is 4.74 Å². The summed E-state index contributed by atoms with van der Waals surface area (Å²) in [6.07, 6.45) is -3.78. The van der Waals surface area contributed by atoms with Crippen LogP contribution in [-0.2, 0) is 6.18 Å². The molecule has 6 heteroatoms. The lowest BCUT2D eigenvalue weighted by molar-refractivity contribution is -0.137. The van der Waals surface area contributed by atoms with Crippen molar-refractivity contribution < 1.29 is 17.9 Å². The first-order chi connectivity index (χ1) is 10.9. The Morgan fingerprint density at radius 2 is 1.54 bits per heavy atom. The summed E-state index contributed by atoms with van der Waals surface area (Å²) in [5.41, 5.74) is 0.337. The summed E-state index contributed by atoms with van der Waals surface area (Å²) in [6, 6.07) is 14.5. The van der Waals surface area contributed by atoms with Crippen LogP contribution in [0.2, 0.25) is 0 Å². The molecule has 0 radical (unpaired) electrons. The Bertz CT molecular complexity index is 600. The van der Waals surface area contributed by atoms with Gasteiger partial charge in [-0.25, -0.2) is 0 Å². The van der Waals surface area contributed by atoms with E-state index in [0.717, 1.165) is 30.7 Å². The van der Waals surface area contributed by atoms with Gasteiger partial charge in [0.05, 0.1) is 5.56 Å². The molecule has 0 aliphatic carbocycles. The van der Waals surface area contributed by atoms with E-state index in [9.17, 15) is 13.2 Å². The van der Waals surface area contributed by atoms with Crippen molar-refractivity contribution in [1.29, 1.82) is 0 Å². The zero-order valence-electron chi connectivity index (χ0n) is 13.6. The van der Waals surface area contributed by atoms with Gasteiger partial charge in [0, 0.05) is 13.0 Å². The number of hydrogen-bond donors (Lipinski definition) is 0. The number of benzene rings is 2. The number of rotatable bonds is 6. The quantitative estimate of drug-likeness (QED) is 0.703. The van der Waals surface area contributed by atoms with E-state index in [1.807, 2.05) is 49.3 Å². The van der Waals surface area contributed by atoms with Crippen LogP contribution in [0.5, 0.6) is 5.75 Å². The summed E-state index contributed by atoms with van der Waals surface area (Å²) in [5.74, 6) is 0.436. The summed E-state index contributed by atoms with van der Waals surface area (Å²) in [5, 5.41) is 0. The fourth-order valence-corrected chi connectivity index (χ4v) is 2.22. The van der Waals surface area contributed by atoms with Crippen molar-refractivity contribution >= 4 is 12.4 Å². The Hall–Kier alpha value is -1.72. The standard InChI is InChI=1S/C18H20F3NO.ClH/c1-22(2)13-12-17(14-6-4-3-5-7-14)23-16-10-8-15(9-11-16)18(19,20)21;/h3-11,17H,12-13H2,1-2H3;1H. The smallest absolute Gasteiger partial charge is 0.416 e. The summed E-state index contributed by atoms with van der Waals surface area (Å²) < 4.78 is 43.8. The van der Waals surface area contributed by atoms with Crippen molar-refractivity contribution in [2.24, 2.45) is 0 Å². The second-order valence-electron chi connectivity index (χ2n) is 5.63. The normalized spacial score (nSPS) is 12.6. The fraction of sp³-hybridized carbons (Fsp3) is 0.333. The SMILES string of the molecule is CN(C)CCC(Oc1ccc(C(F)(F)F)cc1)c1ccccc1.Cl. The molecule has 0 bridgehead atoms. The summed E-state index contributed by atoms with van der Waals surface area (Å²) >= 11 is 0. The summed E-state index contributed by atoms with van der Waals surface area (Å²) in [6.45, 7) is 0.820. The van der Waals surface area contributed by atoms with Crippen LogP contribution in [-0.4, -0.2) is 25.5 Å². The summed E-state index contributed by atoms with van der Waals surface area (Å²) in [7, 11) is 3.94. The highest BCUT2D eigenvalue weighted by Crippen LogP contribution is 2.31. The number of hydrogen-bond acceptors (Lipinski definition) is 2. The van der Waals surface area contributed by atoms with Crippen LogP contribution in [0.4, 0.5) is 13.2 Å². The Labute approximate surface area is 146 Å². The maximum absolute atomic E-state index is 12.6. The Kier molecular flexibility index (Phi) is 7.58. The molecule has 0 heterocycles. The molecule has 1 unspecified atom stereocenters. The van der Waals surface area contributed by atoms with Gasteiger partial charge < -0.3 is 9.64 Å². The molecule has 0 amide bonds. The van der Waals surface area contributed by atoms with E-state index in [-0.39, 0.29) is 18.5 Å². The van der Waals surface area contributed by atoms with E-state index in [1.54, 1.807) is 0 Å². The third kappa shape index (κ3) is 6.06. The minimum Gasteiger partial charge on any atom is -0.486 e. The molecule has 1 atom stereocenters. The number of halogens is 4. The lowest BCUT2D eigenvalue weighted by atomic mass is 10.1. The van der Waals surface area contributed by atoms with E-state index in [4.69, 9.17) is 4.74 Å². The molecule has 0 saturated carbocycles. The lowest BCUT2D eigenvalue weighted by Gasteiger charge is -2.22. The van der Waals surface area contributed by atoms with E-state index in [2.05, 4.69) is 0 Å². The number of nitrogens with zero attached hydrogens (tertiary/aromatic N) is 1. The van der Waals surface area contributed by atoms with Gasteiger partial charge in [0.25, 0.3) is 0 Å². The Balaban J connectivity index is 0.00000288. The molecule has 24 heavy (non-hydrogen) atoms. The first kappa shape index (κ1) is 20.3. The monoisotopic (exact) mass is 359 g/mol. The highest BCUT2D eigenvalue weighted by molar-refractivity contribution is 5.85. The van der Waals surface area contributed by atoms with Crippen LogP contribution in [0.1, 0.15) is 23.7 Å². The maximum Gasteiger partial charge on any atom is 0.416 e. The molecule has 2 nitrogen and oxygen atoms in total. The van der Waals surface area contributed by atoms with Crippen molar-refractivity contribution in [3.8, 4) is 5.75 Å². The molecule has 2 aromatic carbocycles. The van der Waals surface area contributed by atoms with Crippen molar-refractivity contribution in [2.75, 3.05) is 20.6 Å². The molecular weight excluding hydrogens is 339 g/mol. The van der Waals surface area contributed by atoms with Crippen LogP contribution in [0.3, 0.4) is 0 Å². The molecule has 0 N–H and O–H groups in total. The molecule has 132 valence electrons. The van der Waals surface area contributed by atoms with E-state index in [1.165, 1.54) is 12.1 Å². The number of ether oxygens (including phenoxy) is 1. The summed E-state index contributed by atoms with van der Waals surface area (Å²) in [4.78, 5) is 2.05. The zero-order chi connectivity index (χ0) is 16.9. The van der Waals surface area contributed by atoms with Gasteiger partial charge in [-0.05, 0) is 43.9 Å². The predicted molar refractivity (Wildman–Crippen MR) is 91.7 cm³/mol. The average molecular weight is 360 g/mol. The predicted octanol–water partition coefficient (Wildman–Crippen LogP) is 5.20. The van der Waals surface area contributed by atoms with Gasteiger partial charge in [0.1, 0.15) is 11.9 Å². The van der Waals surface area contributed by atoms with Gasteiger partial charge in [-0.3, -0.25) is 0 Å². The average Bonchev–Trinajstić information content (AvgIpc) is 2.51. The van der Waals surface area contributed by atoms with Crippen molar-refractivity contribution in [3.63, 3.8) is 0 Å². The first-order valence-corrected chi connectivity index (χ1v) is 7.40. The third-order valence-electron chi connectivity index (χ3n) is 3.47. The minimum atomic E-state index is -4.33. The topological polar surface area (TPSA) is 12.5 Å². The van der Waals surface area contributed by atoms with Gasteiger partial charge in [0.15, 0.2) is 0 Å². The lowest BCUT2D eigenvalue weighted by Crippen LogP contribution is -2.18. The van der Waals surface area contributed by atoms with E-state index < -0.39 is 11.7 Å². The first-order valence-electron chi connectivity index (χ1n) is 7.40. The zero-order valence-corrected chi connectivity index (χ0v) is 14.4. The molecule has 0 aliphatic rings. The molecule has 0 spiro atoms. The molecule has 0 fully saturated rings. The van der Waals surface area contributed by atoms with Crippen LogP contribution >= 0.6 is 12.4 Å². The van der Waals surface area contributed by atoms with Crippen LogP contribution in [0, 0.1) is 0 Å². The maximum atomic E-state index is 12.6. The van der Waals surface area contributed by atoms with Crippen molar-refractivity contribution in [2.45, 2.75) is 18.7 Å². The second-order valence-corrected chi connectivity index (χ2v) is 5.63. The Morgan fingerprint density at radius 1 is 0.958 bits per heavy atom. The highest BCUT2D eigenvalue weighted by Gasteiger charge is 2.30. The van der Waals surface area contributed by atoms with Crippen molar-refractivity contribution in [1.82, 2.24) is 4.90 Å². The van der Waals surface area contributed by atoms with E-state index >= 15 is 0 Å². The fourth-order valence-electron chi connectivity index (χ4n) is 2.22. The van der Waals surface area contributed by atoms with Gasteiger partial charge in [-0.1, -0.05) is 30.3 Å². The third-order valence-corrected chi connectivity index (χ3v) is 3.47. The van der Waals surface area contributed by atoms with Gasteiger partial charge in [0.2, 0.25) is 0 Å². The van der Waals surface area contributed by atoms with Crippen LogP contribution in [0.15, 0.2) is 54.6 Å². The molecule has 0 saturated heterocycles. The minimum absolute atomic E-state index is 0.